The molecule has 0 bridgehead atoms. The molecule has 142 valence electrons. The molecule has 0 radical (unpaired) electrons. The molecule has 27 heavy (non-hydrogen) atoms. The molecule has 1 fully saturated rings. The minimum absolute atomic E-state index is 0.0791. The van der Waals surface area contributed by atoms with E-state index >= 15 is 0 Å². The normalized spacial score (nSPS) is 26.0. The summed E-state index contributed by atoms with van der Waals surface area (Å²) in [6.45, 7) is 5.14. The lowest BCUT2D eigenvalue weighted by molar-refractivity contribution is -0.123. The topological polar surface area (TPSA) is 38.8 Å². The summed E-state index contributed by atoms with van der Waals surface area (Å²) < 4.78 is 0. The number of benzene rings is 1. The number of amides is 1. The first-order valence-electron chi connectivity index (χ1n) is 9.48. The zero-order valence-corrected chi connectivity index (χ0v) is 17.1. The van der Waals surface area contributed by atoms with E-state index in [4.69, 9.17) is 0 Å². The molecule has 4 rings (SSSR count). The number of carbonyl (C=O) groups is 1. The number of nitrogens with one attached hydrogen (secondary N) is 1. The van der Waals surface area contributed by atoms with E-state index in [-0.39, 0.29) is 11.7 Å². The van der Waals surface area contributed by atoms with Crippen molar-refractivity contribution in [2.24, 2.45) is 0 Å². The number of rotatable bonds is 3. The Balaban J connectivity index is 1.53. The zero-order valence-electron chi connectivity index (χ0n) is 16.1. The highest BCUT2D eigenvalue weighted by atomic mass is 31.1. The number of fused-ring (bicyclic) bond motifs is 1. The van der Waals surface area contributed by atoms with Gasteiger partial charge in [-0.3, -0.25) is 4.79 Å². The van der Waals surface area contributed by atoms with Crippen LogP contribution in [0.2, 0.25) is 0 Å². The third-order valence-corrected chi connectivity index (χ3v) is 6.79. The predicted octanol–water partition coefficient (Wildman–Crippen LogP) is 2.65. The summed E-state index contributed by atoms with van der Waals surface area (Å²) in [6.07, 6.45) is 8.24. The van der Waals surface area contributed by atoms with Crippen molar-refractivity contribution in [3.8, 4) is 0 Å². The van der Waals surface area contributed by atoms with Crippen molar-refractivity contribution in [2.75, 3.05) is 38.6 Å². The summed E-state index contributed by atoms with van der Waals surface area (Å²) in [6, 6.07) is 8.93. The molecule has 3 heterocycles. The van der Waals surface area contributed by atoms with Crippen LogP contribution in [0.3, 0.4) is 0 Å². The Bertz CT molecular complexity index is 812. The molecule has 0 saturated carbocycles. The third-order valence-electron chi connectivity index (χ3n) is 5.27. The van der Waals surface area contributed by atoms with Crippen molar-refractivity contribution in [1.82, 2.24) is 15.1 Å². The van der Waals surface area contributed by atoms with Crippen molar-refractivity contribution >= 4 is 25.5 Å². The average Bonchev–Trinajstić information content (AvgIpc) is 2.68. The highest BCUT2D eigenvalue weighted by Gasteiger charge is 2.30. The number of hydrogen-bond donors (Lipinski definition) is 1. The van der Waals surface area contributed by atoms with Crippen LogP contribution in [0.15, 0.2) is 54.4 Å². The van der Waals surface area contributed by atoms with Gasteiger partial charge in [0, 0.05) is 57.7 Å². The number of anilines is 1. The molecule has 3 atom stereocenters. The molecule has 0 spiro atoms. The highest BCUT2D eigenvalue weighted by Crippen LogP contribution is 2.44. The van der Waals surface area contributed by atoms with Gasteiger partial charge < -0.3 is 20.0 Å². The number of carbonyl (C=O) groups excluding carboxylic acids is 1. The zero-order chi connectivity index (χ0) is 19.0. The first-order chi connectivity index (χ1) is 13.0. The summed E-state index contributed by atoms with van der Waals surface area (Å²) in [4.78, 5) is 19.2. The van der Waals surface area contributed by atoms with Gasteiger partial charge in [-0.15, -0.1) is 0 Å². The molecular formula is C21H27N4OP. The Hall–Kier alpha value is -2.10. The molecule has 3 aliphatic rings. The Morgan fingerprint density at radius 2 is 2.00 bits per heavy atom. The minimum atomic E-state index is 0.0791. The SMILES string of the molecule is C[C@H]1CN(C2=CN3C(=O)C=C(c4ccc(N(C)C)cc4)PC3C=C2)CCN1. The van der Waals surface area contributed by atoms with Gasteiger partial charge in [0.25, 0.3) is 5.91 Å². The fraction of sp³-hybridized carbons (Fsp3) is 0.381. The number of hydrogen-bond acceptors (Lipinski definition) is 4. The Kier molecular flexibility index (Phi) is 5.07. The lowest BCUT2D eigenvalue weighted by Gasteiger charge is -2.39. The minimum Gasteiger partial charge on any atom is -0.378 e. The third kappa shape index (κ3) is 3.80. The predicted molar refractivity (Wildman–Crippen MR) is 114 cm³/mol. The van der Waals surface area contributed by atoms with Gasteiger partial charge in [0.15, 0.2) is 0 Å². The maximum atomic E-state index is 12.8. The molecule has 3 aliphatic heterocycles. The van der Waals surface area contributed by atoms with Crippen molar-refractivity contribution in [3.05, 3.63) is 60.0 Å². The van der Waals surface area contributed by atoms with Crippen LogP contribution >= 0.6 is 8.58 Å². The van der Waals surface area contributed by atoms with E-state index in [1.165, 1.54) is 5.69 Å². The molecule has 1 saturated heterocycles. The fourth-order valence-electron chi connectivity index (χ4n) is 3.73. The van der Waals surface area contributed by atoms with Gasteiger partial charge in [-0.1, -0.05) is 26.8 Å². The molecule has 1 N–H and O–H groups in total. The van der Waals surface area contributed by atoms with Gasteiger partial charge in [0.1, 0.15) is 0 Å². The van der Waals surface area contributed by atoms with Crippen LogP contribution in [0.5, 0.6) is 0 Å². The second-order valence-electron chi connectivity index (χ2n) is 7.55. The van der Waals surface area contributed by atoms with Crippen molar-refractivity contribution in [1.29, 1.82) is 0 Å². The smallest absolute Gasteiger partial charge is 0.252 e. The molecule has 5 nitrogen and oxygen atoms in total. The summed E-state index contributed by atoms with van der Waals surface area (Å²) in [5.41, 5.74) is 3.46. The van der Waals surface area contributed by atoms with Crippen LogP contribution in [0, 0.1) is 0 Å². The van der Waals surface area contributed by atoms with Crippen LogP contribution in [0.25, 0.3) is 5.31 Å². The molecule has 0 aliphatic carbocycles. The summed E-state index contributed by atoms with van der Waals surface area (Å²) in [5.74, 6) is 0.214. The van der Waals surface area contributed by atoms with E-state index in [1.54, 1.807) is 0 Å². The van der Waals surface area contributed by atoms with E-state index in [2.05, 4.69) is 58.5 Å². The van der Waals surface area contributed by atoms with Crippen LogP contribution in [-0.4, -0.2) is 61.3 Å². The standard InChI is InChI=1S/C21H27N4OP/c1-15-13-24(11-10-22-15)18-8-9-21-25(14-18)20(26)12-19(27-21)16-4-6-17(7-5-16)23(2)3/h4-9,12,14-15,21-22,27H,10-11,13H2,1-3H3/t15-,21?/m0/s1. The van der Waals surface area contributed by atoms with Crippen molar-refractivity contribution in [2.45, 2.75) is 18.7 Å². The Labute approximate surface area is 163 Å². The number of allylic oxidation sites excluding steroid dienone is 1. The molecule has 2 unspecified atom stereocenters. The second kappa shape index (κ2) is 7.49. The molecule has 0 aromatic heterocycles. The van der Waals surface area contributed by atoms with Gasteiger partial charge >= 0.3 is 0 Å². The highest BCUT2D eigenvalue weighted by molar-refractivity contribution is 7.51. The van der Waals surface area contributed by atoms with Gasteiger partial charge in [-0.25, -0.2) is 0 Å². The summed E-state index contributed by atoms with van der Waals surface area (Å²) in [7, 11) is 4.63. The van der Waals surface area contributed by atoms with Gasteiger partial charge in [0.2, 0.25) is 0 Å². The van der Waals surface area contributed by atoms with Gasteiger partial charge in [0.05, 0.1) is 11.5 Å². The van der Waals surface area contributed by atoms with Crippen LogP contribution in [-0.2, 0) is 4.79 Å². The largest absolute Gasteiger partial charge is 0.378 e. The lowest BCUT2D eigenvalue weighted by atomic mass is 10.1. The van der Waals surface area contributed by atoms with Crippen molar-refractivity contribution < 1.29 is 4.79 Å². The number of nitrogens with zero attached hydrogens (tertiary/aromatic N) is 3. The van der Waals surface area contributed by atoms with Crippen LogP contribution < -0.4 is 10.2 Å². The van der Waals surface area contributed by atoms with Crippen LogP contribution in [0.1, 0.15) is 12.5 Å². The van der Waals surface area contributed by atoms with E-state index in [0.717, 1.165) is 36.2 Å². The molecule has 6 heteroatoms. The lowest BCUT2D eigenvalue weighted by Crippen LogP contribution is -2.49. The fourth-order valence-corrected chi connectivity index (χ4v) is 5.12. The van der Waals surface area contributed by atoms with E-state index in [0.29, 0.717) is 14.6 Å². The monoisotopic (exact) mass is 382 g/mol. The van der Waals surface area contributed by atoms with Gasteiger partial charge in [-0.2, -0.15) is 0 Å². The summed E-state index contributed by atoms with van der Waals surface area (Å²) >= 11 is 0. The Morgan fingerprint density at radius 1 is 1.22 bits per heavy atom. The molecular weight excluding hydrogens is 355 g/mol. The average molecular weight is 382 g/mol. The van der Waals surface area contributed by atoms with E-state index in [1.807, 2.05) is 31.3 Å². The molecule has 1 aromatic rings. The summed E-state index contributed by atoms with van der Waals surface area (Å²) in [5, 5.41) is 4.61. The second-order valence-corrected chi connectivity index (χ2v) is 8.97. The number of piperazine rings is 1. The molecule has 1 aromatic carbocycles. The van der Waals surface area contributed by atoms with Gasteiger partial charge in [-0.05, 0) is 36.0 Å². The van der Waals surface area contributed by atoms with Crippen molar-refractivity contribution in [3.63, 3.8) is 0 Å². The van der Waals surface area contributed by atoms with Crippen LogP contribution in [0.4, 0.5) is 5.69 Å². The van der Waals surface area contributed by atoms with E-state index < -0.39 is 0 Å². The Morgan fingerprint density at radius 3 is 2.70 bits per heavy atom. The quantitative estimate of drug-likeness (QED) is 0.816. The maximum absolute atomic E-state index is 12.8. The van der Waals surface area contributed by atoms with E-state index in [9.17, 15) is 4.79 Å². The first kappa shape index (κ1) is 18.3. The maximum Gasteiger partial charge on any atom is 0.252 e. The first-order valence-corrected chi connectivity index (χ1v) is 10.6. The molecule has 1 amide bonds.